The first-order valence-electron chi connectivity index (χ1n) is 5.71. The van der Waals surface area contributed by atoms with Crippen LogP contribution in [0.15, 0.2) is 24.4 Å². The van der Waals surface area contributed by atoms with E-state index >= 15 is 0 Å². The number of nitrogens with zero attached hydrogens (tertiary/aromatic N) is 1. The highest BCUT2D eigenvalue weighted by atomic mass is 15.0. The summed E-state index contributed by atoms with van der Waals surface area (Å²) in [7, 11) is 0. The number of rotatable bonds is 4. The van der Waals surface area contributed by atoms with Gasteiger partial charge in [0.1, 0.15) is 0 Å². The molecule has 0 spiro atoms. The van der Waals surface area contributed by atoms with Crippen LogP contribution in [0.3, 0.4) is 0 Å². The Morgan fingerprint density at radius 1 is 1.60 bits per heavy atom. The molecule has 2 heterocycles. The van der Waals surface area contributed by atoms with E-state index < -0.39 is 0 Å². The summed E-state index contributed by atoms with van der Waals surface area (Å²) in [6, 6.07) is 6.42. The lowest BCUT2D eigenvalue weighted by molar-refractivity contribution is 0.465. The van der Waals surface area contributed by atoms with Gasteiger partial charge in [-0.15, -0.1) is 0 Å². The van der Waals surface area contributed by atoms with E-state index in [1.165, 1.54) is 13.0 Å². The van der Waals surface area contributed by atoms with E-state index in [0.717, 1.165) is 24.7 Å². The highest BCUT2D eigenvalue weighted by Crippen LogP contribution is 2.11. The molecule has 82 valence electrons. The minimum absolute atomic E-state index is 0.354. The topological polar surface area (TPSA) is 37.0 Å². The van der Waals surface area contributed by atoms with Crippen LogP contribution in [0.4, 0.5) is 0 Å². The highest BCUT2D eigenvalue weighted by molar-refractivity contribution is 5.07. The molecular formula is C12H19N3. The molecule has 2 N–H and O–H groups in total. The Bertz CT molecular complexity index is 280. The molecule has 0 aliphatic carbocycles. The number of hydrogen-bond acceptors (Lipinski definition) is 3. The lowest BCUT2D eigenvalue weighted by Crippen LogP contribution is -2.27. The summed E-state index contributed by atoms with van der Waals surface area (Å²) < 4.78 is 0. The van der Waals surface area contributed by atoms with Crippen molar-refractivity contribution in [1.29, 1.82) is 0 Å². The fourth-order valence-electron chi connectivity index (χ4n) is 1.97. The van der Waals surface area contributed by atoms with Crippen molar-refractivity contribution in [3.63, 3.8) is 0 Å². The third-order valence-corrected chi connectivity index (χ3v) is 3.01. The highest BCUT2D eigenvalue weighted by Gasteiger charge is 2.15. The van der Waals surface area contributed by atoms with Gasteiger partial charge < -0.3 is 10.6 Å². The molecule has 0 aromatic carbocycles. The summed E-state index contributed by atoms with van der Waals surface area (Å²) in [4.78, 5) is 4.35. The van der Waals surface area contributed by atoms with Gasteiger partial charge >= 0.3 is 0 Å². The third kappa shape index (κ3) is 3.01. The van der Waals surface area contributed by atoms with Crippen LogP contribution in [-0.2, 0) is 0 Å². The number of nitrogens with one attached hydrogen (secondary N) is 2. The first-order valence-corrected chi connectivity index (χ1v) is 5.71. The van der Waals surface area contributed by atoms with E-state index in [-0.39, 0.29) is 0 Å². The van der Waals surface area contributed by atoms with Crippen molar-refractivity contribution in [2.24, 2.45) is 5.92 Å². The second kappa shape index (κ2) is 5.24. The van der Waals surface area contributed by atoms with E-state index in [0.29, 0.717) is 6.04 Å². The van der Waals surface area contributed by atoms with Crippen LogP contribution in [0, 0.1) is 5.92 Å². The zero-order valence-electron chi connectivity index (χ0n) is 9.24. The summed E-state index contributed by atoms with van der Waals surface area (Å²) in [5.41, 5.74) is 1.13. The number of hydrogen-bond donors (Lipinski definition) is 2. The SMILES string of the molecule is C[C@H](NC[C@H]1CCNC1)c1ccccn1. The van der Waals surface area contributed by atoms with Gasteiger partial charge in [-0.05, 0) is 51.0 Å². The monoisotopic (exact) mass is 205 g/mol. The van der Waals surface area contributed by atoms with E-state index in [1.807, 2.05) is 18.3 Å². The lowest BCUT2D eigenvalue weighted by atomic mass is 10.1. The van der Waals surface area contributed by atoms with Crippen LogP contribution >= 0.6 is 0 Å². The number of aromatic nitrogens is 1. The van der Waals surface area contributed by atoms with E-state index in [4.69, 9.17) is 0 Å². The second-order valence-electron chi connectivity index (χ2n) is 4.24. The van der Waals surface area contributed by atoms with Crippen molar-refractivity contribution in [3.05, 3.63) is 30.1 Å². The molecule has 1 aromatic rings. The fraction of sp³-hybridized carbons (Fsp3) is 0.583. The van der Waals surface area contributed by atoms with E-state index in [9.17, 15) is 0 Å². The maximum atomic E-state index is 4.35. The van der Waals surface area contributed by atoms with Gasteiger partial charge in [-0.25, -0.2) is 0 Å². The molecule has 3 nitrogen and oxygen atoms in total. The van der Waals surface area contributed by atoms with Crippen LogP contribution in [-0.4, -0.2) is 24.6 Å². The molecule has 0 radical (unpaired) electrons. The molecular weight excluding hydrogens is 186 g/mol. The van der Waals surface area contributed by atoms with Gasteiger partial charge in [0.15, 0.2) is 0 Å². The molecule has 1 saturated heterocycles. The Labute approximate surface area is 91.3 Å². The van der Waals surface area contributed by atoms with Crippen LogP contribution in [0.5, 0.6) is 0 Å². The van der Waals surface area contributed by atoms with Crippen LogP contribution in [0.1, 0.15) is 25.1 Å². The summed E-state index contributed by atoms with van der Waals surface area (Å²) in [6.07, 6.45) is 3.15. The van der Waals surface area contributed by atoms with Crippen molar-refractivity contribution in [3.8, 4) is 0 Å². The maximum absolute atomic E-state index is 4.35. The fourth-order valence-corrected chi connectivity index (χ4v) is 1.97. The van der Waals surface area contributed by atoms with Gasteiger partial charge in [0.05, 0.1) is 5.69 Å². The van der Waals surface area contributed by atoms with Crippen molar-refractivity contribution in [1.82, 2.24) is 15.6 Å². The standard InChI is InChI=1S/C12H19N3/c1-10(12-4-2-3-6-14-12)15-9-11-5-7-13-8-11/h2-4,6,10-11,13,15H,5,7-9H2,1H3/t10-,11-/m0/s1. The van der Waals surface area contributed by atoms with Crippen molar-refractivity contribution < 1.29 is 0 Å². The Balaban J connectivity index is 1.79. The molecule has 2 rings (SSSR count). The minimum atomic E-state index is 0.354. The van der Waals surface area contributed by atoms with Crippen molar-refractivity contribution in [2.75, 3.05) is 19.6 Å². The Morgan fingerprint density at radius 2 is 2.53 bits per heavy atom. The molecule has 3 heteroatoms. The zero-order valence-corrected chi connectivity index (χ0v) is 9.24. The van der Waals surface area contributed by atoms with Gasteiger partial charge in [0.25, 0.3) is 0 Å². The largest absolute Gasteiger partial charge is 0.316 e. The molecule has 1 aliphatic rings. The average Bonchev–Trinajstić information content (AvgIpc) is 2.80. The first kappa shape index (κ1) is 10.6. The summed E-state index contributed by atoms with van der Waals surface area (Å²) in [5.74, 6) is 0.788. The predicted octanol–water partition coefficient (Wildman–Crippen LogP) is 1.34. The van der Waals surface area contributed by atoms with Crippen LogP contribution < -0.4 is 10.6 Å². The molecule has 0 amide bonds. The molecule has 0 saturated carbocycles. The second-order valence-corrected chi connectivity index (χ2v) is 4.24. The molecule has 0 bridgehead atoms. The van der Waals surface area contributed by atoms with E-state index in [1.54, 1.807) is 0 Å². The van der Waals surface area contributed by atoms with E-state index in [2.05, 4.69) is 28.6 Å². The van der Waals surface area contributed by atoms with Gasteiger partial charge in [-0.1, -0.05) is 6.07 Å². The molecule has 1 aliphatic heterocycles. The van der Waals surface area contributed by atoms with Gasteiger partial charge in [-0.2, -0.15) is 0 Å². The number of pyridine rings is 1. The average molecular weight is 205 g/mol. The smallest absolute Gasteiger partial charge is 0.0570 e. The molecule has 1 aromatic heterocycles. The lowest BCUT2D eigenvalue weighted by Gasteiger charge is -2.16. The van der Waals surface area contributed by atoms with Gasteiger partial charge in [0, 0.05) is 12.2 Å². The van der Waals surface area contributed by atoms with Crippen LogP contribution in [0.2, 0.25) is 0 Å². The minimum Gasteiger partial charge on any atom is -0.316 e. The van der Waals surface area contributed by atoms with Crippen LogP contribution in [0.25, 0.3) is 0 Å². The Morgan fingerprint density at radius 3 is 3.20 bits per heavy atom. The summed E-state index contributed by atoms with van der Waals surface area (Å²) >= 11 is 0. The van der Waals surface area contributed by atoms with Crippen molar-refractivity contribution in [2.45, 2.75) is 19.4 Å². The predicted molar refractivity (Wildman–Crippen MR) is 61.6 cm³/mol. The Kier molecular flexibility index (Phi) is 3.69. The van der Waals surface area contributed by atoms with Gasteiger partial charge in [0.2, 0.25) is 0 Å². The van der Waals surface area contributed by atoms with Gasteiger partial charge in [-0.3, -0.25) is 4.98 Å². The third-order valence-electron chi connectivity index (χ3n) is 3.01. The van der Waals surface area contributed by atoms with Crippen molar-refractivity contribution >= 4 is 0 Å². The molecule has 1 fully saturated rings. The zero-order chi connectivity index (χ0) is 10.5. The normalized spacial score (nSPS) is 22.9. The Hall–Kier alpha value is -0.930. The summed E-state index contributed by atoms with van der Waals surface area (Å²) in [5, 5.41) is 6.92. The maximum Gasteiger partial charge on any atom is 0.0570 e. The molecule has 15 heavy (non-hydrogen) atoms. The quantitative estimate of drug-likeness (QED) is 0.779. The first-order chi connectivity index (χ1) is 7.36. The summed E-state index contributed by atoms with van der Waals surface area (Å²) in [6.45, 7) is 5.59. The molecule has 2 atom stereocenters. The molecule has 0 unspecified atom stereocenters.